The van der Waals surface area contributed by atoms with Crippen LogP contribution in [0.5, 0.6) is 5.75 Å². The summed E-state index contributed by atoms with van der Waals surface area (Å²) in [6.07, 6.45) is 2.56. The molecule has 3 rings (SSSR count). The first kappa shape index (κ1) is 15.9. The van der Waals surface area contributed by atoms with Crippen molar-refractivity contribution < 1.29 is 13.9 Å². The van der Waals surface area contributed by atoms with Gasteiger partial charge in [-0.15, -0.1) is 10.2 Å². The molecule has 7 heteroatoms. The molecule has 0 atom stereocenters. The standard InChI is InChI=1S/C17H17FN4O2/c1-24-14-7-5-12(10-13(14)18)6-8-17(23)19-11-16-21-20-15-4-2-3-9-22(15)16/h2-5,7,9-10H,6,8,11H2,1H3,(H,19,23). The molecule has 124 valence electrons. The molecule has 2 aromatic heterocycles. The molecule has 0 bridgehead atoms. The van der Waals surface area contributed by atoms with Crippen LogP contribution < -0.4 is 10.1 Å². The fourth-order valence-electron chi connectivity index (χ4n) is 2.40. The number of fused-ring (bicyclic) bond motifs is 1. The Morgan fingerprint density at radius 3 is 2.96 bits per heavy atom. The van der Waals surface area contributed by atoms with Crippen molar-refractivity contribution in [2.45, 2.75) is 19.4 Å². The van der Waals surface area contributed by atoms with Crippen LogP contribution in [0, 0.1) is 5.82 Å². The Labute approximate surface area is 138 Å². The zero-order valence-electron chi connectivity index (χ0n) is 13.2. The third-order valence-electron chi connectivity index (χ3n) is 3.68. The van der Waals surface area contributed by atoms with Gasteiger partial charge in [-0.25, -0.2) is 4.39 Å². The zero-order chi connectivity index (χ0) is 16.9. The first-order valence-electron chi connectivity index (χ1n) is 7.55. The van der Waals surface area contributed by atoms with E-state index < -0.39 is 5.82 Å². The van der Waals surface area contributed by atoms with Gasteiger partial charge in [0.2, 0.25) is 5.91 Å². The van der Waals surface area contributed by atoms with Crippen LogP contribution in [0.1, 0.15) is 17.8 Å². The Balaban J connectivity index is 1.53. The van der Waals surface area contributed by atoms with E-state index in [4.69, 9.17) is 4.74 Å². The lowest BCUT2D eigenvalue weighted by Gasteiger charge is -2.06. The van der Waals surface area contributed by atoms with Crippen molar-refractivity contribution in [2.75, 3.05) is 7.11 Å². The highest BCUT2D eigenvalue weighted by molar-refractivity contribution is 5.76. The number of benzene rings is 1. The number of halogens is 1. The lowest BCUT2D eigenvalue weighted by atomic mass is 10.1. The number of hydrogen-bond donors (Lipinski definition) is 1. The van der Waals surface area contributed by atoms with E-state index >= 15 is 0 Å². The minimum absolute atomic E-state index is 0.126. The summed E-state index contributed by atoms with van der Waals surface area (Å²) in [5.74, 6) is 0.306. The van der Waals surface area contributed by atoms with Crippen LogP contribution in [0.25, 0.3) is 5.65 Å². The van der Waals surface area contributed by atoms with Gasteiger partial charge in [-0.05, 0) is 36.2 Å². The monoisotopic (exact) mass is 328 g/mol. The number of carbonyl (C=O) groups is 1. The number of nitrogens with zero attached hydrogens (tertiary/aromatic N) is 3. The van der Waals surface area contributed by atoms with Crippen LogP contribution in [-0.4, -0.2) is 27.6 Å². The van der Waals surface area contributed by atoms with E-state index in [0.29, 0.717) is 18.8 Å². The van der Waals surface area contributed by atoms with Gasteiger partial charge < -0.3 is 10.1 Å². The quantitative estimate of drug-likeness (QED) is 0.753. The summed E-state index contributed by atoms with van der Waals surface area (Å²) in [4.78, 5) is 12.0. The van der Waals surface area contributed by atoms with Gasteiger partial charge in [-0.1, -0.05) is 12.1 Å². The molecule has 0 aliphatic carbocycles. The SMILES string of the molecule is COc1ccc(CCC(=O)NCc2nnc3ccccn23)cc1F. The summed E-state index contributed by atoms with van der Waals surface area (Å²) < 4.78 is 20.3. The second kappa shape index (κ2) is 7.08. The van der Waals surface area contributed by atoms with Crippen LogP contribution in [0.3, 0.4) is 0 Å². The first-order valence-corrected chi connectivity index (χ1v) is 7.55. The van der Waals surface area contributed by atoms with E-state index in [1.165, 1.54) is 13.2 Å². The number of amides is 1. The molecular weight excluding hydrogens is 311 g/mol. The van der Waals surface area contributed by atoms with Crippen LogP contribution in [0.15, 0.2) is 42.6 Å². The molecule has 0 spiro atoms. The number of pyridine rings is 1. The molecule has 1 amide bonds. The van der Waals surface area contributed by atoms with Gasteiger partial charge >= 0.3 is 0 Å². The van der Waals surface area contributed by atoms with Crippen molar-refractivity contribution in [1.82, 2.24) is 19.9 Å². The molecule has 24 heavy (non-hydrogen) atoms. The summed E-state index contributed by atoms with van der Waals surface area (Å²) in [6.45, 7) is 0.293. The first-order chi connectivity index (χ1) is 11.7. The van der Waals surface area contributed by atoms with Crippen molar-refractivity contribution in [3.63, 3.8) is 0 Å². The molecule has 0 unspecified atom stereocenters. The highest BCUT2D eigenvalue weighted by Crippen LogP contribution is 2.18. The molecule has 0 fully saturated rings. The summed E-state index contributed by atoms with van der Waals surface area (Å²) in [6, 6.07) is 10.3. The number of hydrogen-bond acceptors (Lipinski definition) is 4. The lowest BCUT2D eigenvalue weighted by Crippen LogP contribution is -2.24. The van der Waals surface area contributed by atoms with E-state index in [-0.39, 0.29) is 18.1 Å². The predicted molar refractivity (Wildman–Crippen MR) is 86.1 cm³/mol. The van der Waals surface area contributed by atoms with Gasteiger partial charge in [0.1, 0.15) is 0 Å². The van der Waals surface area contributed by atoms with Gasteiger partial charge in [-0.3, -0.25) is 9.20 Å². The predicted octanol–water partition coefficient (Wildman–Crippen LogP) is 2.13. The van der Waals surface area contributed by atoms with Gasteiger partial charge in [0.15, 0.2) is 23.0 Å². The van der Waals surface area contributed by atoms with Crippen LogP contribution >= 0.6 is 0 Å². The Bertz CT molecular complexity index is 863. The Morgan fingerprint density at radius 1 is 1.29 bits per heavy atom. The molecular formula is C17H17FN4O2. The van der Waals surface area contributed by atoms with Crippen molar-refractivity contribution in [3.05, 3.63) is 59.8 Å². The number of methoxy groups -OCH3 is 1. The molecule has 0 radical (unpaired) electrons. The maximum Gasteiger partial charge on any atom is 0.220 e. The van der Waals surface area contributed by atoms with E-state index in [0.717, 1.165) is 11.2 Å². The number of nitrogens with one attached hydrogen (secondary N) is 1. The number of rotatable bonds is 6. The van der Waals surface area contributed by atoms with Crippen LogP contribution in [0.4, 0.5) is 4.39 Å². The fourth-order valence-corrected chi connectivity index (χ4v) is 2.40. The topological polar surface area (TPSA) is 68.5 Å². The maximum atomic E-state index is 13.6. The highest BCUT2D eigenvalue weighted by atomic mass is 19.1. The summed E-state index contributed by atoms with van der Waals surface area (Å²) in [5, 5.41) is 10.9. The van der Waals surface area contributed by atoms with Crippen molar-refractivity contribution in [1.29, 1.82) is 0 Å². The molecule has 0 saturated heterocycles. The highest BCUT2D eigenvalue weighted by Gasteiger charge is 2.08. The van der Waals surface area contributed by atoms with E-state index in [9.17, 15) is 9.18 Å². The van der Waals surface area contributed by atoms with Crippen molar-refractivity contribution in [3.8, 4) is 5.75 Å². The van der Waals surface area contributed by atoms with Gasteiger partial charge in [0.25, 0.3) is 0 Å². The second-order valence-electron chi connectivity index (χ2n) is 5.29. The van der Waals surface area contributed by atoms with Gasteiger partial charge in [0, 0.05) is 12.6 Å². The summed E-state index contributed by atoms with van der Waals surface area (Å²) >= 11 is 0. The van der Waals surface area contributed by atoms with Crippen LogP contribution in [-0.2, 0) is 17.8 Å². The summed E-state index contributed by atoms with van der Waals surface area (Å²) in [7, 11) is 1.42. The Hall–Kier alpha value is -2.96. The average molecular weight is 328 g/mol. The molecule has 6 nitrogen and oxygen atoms in total. The fraction of sp³-hybridized carbons (Fsp3) is 0.235. The molecule has 3 aromatic rings. The van der Waals surface area contributed by atoms with E-state index in [2.05, 4.69) is 15.5 Å². The zero-order valence-corrected chi connectivity index (χ0v) is 13.2. The van der Waals surface area contributed by atoms with Crippen LogP contribution in [0.2, 0.25) is 0 Å². The number of carbonyl (C=O) groups excluding carboxylic acids is 1. The average Bonchev–Trinajstić information content (AvgIpc) is 3.01. The van der Waals surface area contributed by atoms with Gasteiger partial charge in [0.05, 0.1) is 13.7 Å². The number of aromatic nitrogens is 3. The normalized spacial score (nSPS) is 10.8. The largest absolute Gasteiger partial charge is 0.494 e. The second-order valence-corrected chi connectivity index (χ2v) is 5.29. The van der Waals surface area contributed by atoms with Gasteiger partial charge in [-0.2, -0.15) is 0 Å². The molecule has 1 N–H and O–H groups in total. The van der Waals surface area contributed by atoms with Crippen molar-refractivity contribution >= 4 is 11.6 Å². The number of aryl methyl sites for hydroxylation is 1. The third-order valence-corrected chi connectivity index (χ3v) is 3.68. The third kappa shape index (κ3) is 3.51. The maximum absolute atomic E-state index is 13.6. The molecule has 0 aliphatic rings. The Morgan fingerprint density at radius 2 is 2.17 bits per heavy atom. The smallest absolute Gasteiger partial charge is 0.220 e. The minimum atomic E-state index is -0.426. The Kier molecular flexibility index (Phi) is 4.69. The molecule has 1 aromatic carbocycles. The van der Waals surface area contributed by atoms with E-state index in [1.54, 1.807) is 12.1 Å². The molecule has 0 aliphatic heterocycles. The summed E-state index contributed by atoms with van der Waals surface area (Å²) in [5.41, 5.74) is 1.48. The van der Waals surface area contributed by atoms with Crippen molar-refractivity contribution in [2.24, 2.45) is 0 Å². The minimum Gasteiger partial charge on any atom is -0.494 e. The molecule has 2 heterocycles. The molecule has 0 saturated carbocycles. The number of ether oxygens (including phenoxy) is 1. The van der Waals surface area contributed by atoms with E-state index in [1.807, 2.05) is 28.8 Å². The lowest BCUT2D eigenvalue weighted by molar-refractivity contribution is -0.121.